The number of aryl methyl sites for hydroxylation is 5. The molecule has 38 heteroatoms. The molecule has 0 spiro atoms. The lowest BCUT2D eigenvalue weighted by Crippen LogP contribution is -2.52. The highest BCUT2D eigenvalue weighted by Gasteiger charge is 2.40. The summed E-state index contributed by atoms with van der Waals surface area (Å²) in [5, 5.41) is 42.6. The number of carbonyl (C=O) groups excluding carboxylic acids is 5. The summed E-state index contributed by atoms with van der Waals surface area (Å²) in [6.07, 6.45) is 6.87. The maximum absolute atomic E-state index is 12.8. The molecule has 33 nitrogen and oxygen atoms in total. The van der Waals surface area contributed by atoms with E-state index in [0.29, 0.717) is 99.3 Å². The SMILES string of the molecule is CC(C)c1cccc(C(C)C)c1NC(=O)NS(=O)(=O)N1CCC(O)CC1.Cc1cc(C(C)C)c(NC(=O)NS(=O)(=O)N2CC(C)C(C)C(C)C2)c(C(C)C)c1.Cc1cc(C(C)C)c(NC(=O)NS(=O)(=O)N2CC(C)C(C)C(C)C2)c(C(C)C)c1.Cc1cc(C(C)C)c(NC(=O)NS(=O)(=O)N2CCC(O)CC2)c(C(C)C)c1.O=C(Nc1c2c(cc3c1CCC3)CCC2)NS(=O)(=O)N1CCC(O)CC1. The van der Waals surface area contributed by atoms with Gasteiger partial charge < -0.3 is 41.9 Å². The van der Waals surface area contributed by atoms with Gasteiger partial charge in [-0.05, 0) is 247 Å². The molecule has 137 heavy (non-hydrogen) atoms. The van der Waals surface area contributed by atoms with Gasteiger partial charge in [-0.1, -0.05) is 230 Å². The van der Waals surface area contributed by atoms with E-state index in [2.05, 4.69) is 177 Å². The highest BCUT2D eigenvalue weighted by atomic mass is 32.2. The lowest BCUT2D eigenvalue weighted by Gasteiger charge is -2.38. The Hall–Kier alpha value is -8.12. The van der Waals surface area contributed by atoms with E-state index in [1.807, 2.05) is 106 Å². The van der Waals surface area contributed by atoms with Crippen molar-refractivity contribution in [2.75, 3.05) is 92.0 Å². The molecule has 10 amide bonds. The van der Waals surface area contributed by atoms with E-state index >= 15 is 0 Å². The van der Waals surface area contributed by atoms with E-state index in [-0.39, 0.29) is 110 Å². The normalized spacial score (nSPS) is 20.4. The number of anilines is 5. The molecule has 4 unspecified atom stereocenters. The first-order valence-corrected chi connectivity index (χ1v) is 56.1. The van der Waals surface area contributed by atoms with Gasteiger partial charge in [-0.15, -0.1) is 0 Å². The lowest BCUT2D eigenvalue weighted by molar-refractivity contribution is 0.112. The van der Waals surface area contributed by atoms with Gasteiger partial charge >= 0.3 is 81.2 Å². The van der Waals surface area contributed by atoms with E-state index < -0.39 is 99.5 Å². The minimum absolute atomic E-state index is 0.179. The van der Waals surface area contributed by atoms with Gasteiger partial charge in [0.2, 0.25) is 0 Å². The van der Waals surface area contributed by atoms with Crippen molar-refractivity contribution in [2.24, 2.45) is 35.5 Å². The van der Waals surface area contributed by atoms with Crippen LogP contribution in [0.5, 0.6) is 0 Å². The third-order valence-electron chi connectivity index (χ3n) is 27.4. The molecule has 0 bridgehead atoms. The summed E-state index contributed by atoms with van der Waals surface area (Å²) in [6.45, 7) is 54.3. The van der Waals surface area contributed by atoms with Crippen LogP contribution in [0.25, 0.3) is 0 Å². The standard InChI is InChI=1S/2C22H37N3O3S.C19H31N3O4S.C18H25N3O4S.C18H29N3O4S/c2*1-13(2)19-9-15(5)10-20(14(3)4)21(19)23-22(26)24-29(27,28)25-11-16(6)18(8)17(7)12-25;1-12(2)16-10-14(5)11-17(13(3)4)18(16)20-19(24)21-27(25,26)22-8-6-15(23)7-9-22;22-14-7-9-21(10-8-14)26(24,25)20-18(23)19-17-15-5-1-3-12(15)11-13-4-2-6-16(13)17;1-12(2)15-6-5-7-16(13(3)4)17(15)19-18(23)20-26(24,25)21-10-8-14(22)9-11-21/h2*9-10,13-14,16-18H,11-12H2,1-8H3,(H2,23,24,26);10-13,15,23H,6-9H2,1-5H3,(H2,20,21,24);11,14,22H,1-10H2,(H2,19,20,23);5-7,12-14,22H,8-11H2,1-4H3,(H2,19,20,23). The van der Waals surface area contributed by atoms with Crippen LogP contribution in [0.3, 0.4) is 0 Å². The number of amides is 10. The van der Waals surface area contributed by atoms with Crippen LogP contribution in [-0.4, -0.2) is 193 Å². The largest absolute Gasteiger partial charge is 0.393 e. The number of aliphatic hydroxyl groups is 3. The molecule has 2 aliphatic carbocycles. The molecule has 5 saturated heterocycles. The van der Waals surface area contributed by atoms with Gasteiger partial charge in [-0.2, -0.15) is 63.6 Å². The monoisotopic (exact) mass is 2010 g/mol. The molecule has 12 rings (SSSR count). The zero-order valence-electron chi connectivity index (χ0n) is 85.4. The van der Waals surface area contributed by atoms with Gasteiger partial charge in [-0.3, -0.25) is 0 Å². The van der Waals surface area contributed by atoms with Crippen LogP contribution < -0.4 is 50.2 Å². The summed E-state index contributed by atoms with van der Waals surface area (Å²) < 4.78 is 143. The molecule has 0 radical (unpaired) electrons. The number of urea groups is 5. The molecular formula is C99H159N15O18S5. The minimum atomic E-state index is -3.94. The number of para-hydroxylation sites is 1. The number of fused-ring (bicyclic) bond motifs is 2. The zero-order valence-corrected chi connectivity index (χ0v) is 89.5. The Balaban J connectivity index is 0.000000210. The van der Waals surface area contributed by atoms with Crippen molar-refractivity contribution in [3.05, 3.63) is 144 Å². The first-order valence-electron chi connectivity index (χ1n) is 48.9. The fourth-order valence-corrected chi connectivity index (χ4v) is 24.7. The van der Waals surface area contributed by atoms with Crippen LogP contribution in [0.4, 0.5) is 52.4 Å². The third-order valence-corrected chi connectivity index (χ3v) is 34.7. The molecule has 5 aromatic rings. The Morgan fingerprint density at radius 1 is 0.292 bits per heavy atom. The van der Waals surface area contributed by atoms with E-state index in [1.165, 1.54) is 43.8 Å². The summed E-state index contributed by atoms with van der Waals surface area (Å²) in [5.41, 5.74) is 19.8. The fraction of sp³-hybridized carbons (Fsp3) is 0.646. The summed E-state index contributed by atoms with van der Waals surface area (Å²) in [4.78, 5) is 62.8. The second-order valence-electron chi connectivity index (χ2n) is 41.2. The number of nitrogens with one attached hydrogen (secondary N) is 10. The van der Waals surface area contributed by atoms with Crippen molar-refractivity contribution < 1.29 is 81.4 Å². The van der Waals surface area contributed by atoms with E-state index in [9.17, 15) is 81.4 Å². The average molecular weight is 2010 g/mol. The van der Waals surface area contributed by atoms with E-state index in [1.54, 1.807) is 0 Å². The van der Waals surface area contributed by atoms with Crippen molar-refractivity contribution in [2.45, 2.75) is 316 Å². The molecule has 0 saturated carbocycles. The molecule has 4 atom stereocenters. The number of carbonyl (C=O) groups is 5. The Morgan fingerprint density at radius 2 is 0.489 bits per heavy atom. The average Bonchev–Trinajstić information content (AvgIpc) is 1.61. The number of hydrogen-bond donors (Lipinski definition) is 13. The molecule has 5 aliphatic heterocycles. The van der Waals surface area contributed by atoms with E-state index in [0.717, 1.165) is 105 Å². The van der Waals surface area contributed by atoms with E-state index in [4.69, 9.17) is 0 Å². The number of nitrogens with zero attached hydrogens (tertiary/aromatic N) is 5. The summed E-state index contributed by atoms with van der Waals surface area (Å²) >= 11 is 0. The zero-order chi connectivity index (χ0) is 102. The Bertz CT molecular complexity index is 5320. The predicted octanol–water partition coefficient (Wildman–Crippen LogP) is 17.0. The first-order chi connectivity index (χ1) is 63.7. The van der Waals surface area contributed by atoms with Crippen LogP contribution in [0, 0.1) is 56.3 Å². The van der Waals surface area contributed by atoms with Gasteiger partial charge in [0.05, 0.1) is 18.3 Å². The molecule has 768 valence electrons. The summed E-state index contributed by atoms with van der Waals surface area (Å²) in [6, 6.07) is 16.7. The maximum Gasteiger partial charge on any atom is 0.333 e. The number of benzene rings is 5. The molecular weight excluding hydrogens is 1850 g/mol. The third kappa shape index (κ3) is 31.2. The second kappa shape index (κ2) is 49.0. The number of rotatable bonds is 23. The Morgan fingerprint density at radius 3 is 0.701 bits per heavy atom. The van der Waals surface area contributed by atoms with Crippen LogP contribution in [0.1, 0.15) is 334 Å². The van der Waals surface area contributed by atoms with Gasteiger partial charge in [0, 0.05) is 93.9 Å². The van der Waals surface area contributed by atoms with Crippen molar-refractivity contribution in [1.29, 1.82) is 0 Å². The van der Waals surface area contributed by atoms with Crippen LogP contribution in [0.2, 0.25) is 0 Å². The number of hydrogen-bond acceptors (Lipinski definition) is 18. The van der Waals surface area contributed by atoms with Crippen molar-refractivity contribution in [3.8, 4) is 0 Å². The van der Waals surface area contributed by atoms with Crippen LogP contribution in [-0.2, 0) is 76.7 Å². The highest BCUT2D eigenvalue weighted by molar-refractivity contribution is 7.88. The quantitative estimate of drug-likeness (QED) is 0.0289. The van der Waals surface area contributed by atoms with Gasteiger partial charge in [0.25, 0.3) is 0 Å². The Labute approximate surface area is 818 Å². The fourth-order valence-electron chi connectivity index (χ4n) is 18.8. The molecule has 5 aromatic carbocycles. The Kier molecular flexibility index (Phi) is 40.9. The van der Waals surface area contributed by atoms with Gasteiger partial charge in [-0.25, -0.2) is 47.6 Å². The molecule has 0 aromatic heterocycles. The van der Waals surface area contributed by atoms with Crippen LogP contribution >= 0.6 is 0 Å². The lowest BCUT2D eigenvalue weighted by atomic mass is 9.82. The van der Waals surface area contributed by atoms with Gasteiger partial charge in [0.15, 0.2) is 0 Å². The van der Waals surface area contributed by atoms with Crippen molar-refractivity contribution in [1.82, 2.24) is 45.1 Å². The summed E-state index contributed by atoms with van der Waals surface area (Å²) in [7, 11) is -19.6. The molecule has 5 fully saturated rings. The van der Waals surface area contributed by atoms with Crippen molar-refractivity contribution >= 4 is 110 Å². The predicted molar refractivity (Wildman–Crippen MR) is 547 cm³/mol. The van der Waals surface area contributed by atoms with Crippen molar-refractivity contribution in [3.63, 3.8) is 0 Å². The topological polar surface area (TPSA) is 453 Å². The smallest absolute Gasteiger partial charge is 0.333 e. The number of piperidine rings is 5. The van der Waals surface area contributed by atoms with Crippen LogP contribution in [0.15, 0.2) is 60.7 Å². The molecule has 13 N–H and O–H groups in total. The number of aliphatic hydroxyl groups excluding tert-OH is 3. The summed E-state index contributed by atoms with van der Waals surface area (Å²) in [5.74, 6) is 3.40. The first kappa shape index (κ1) is 114. The maximum atomic E-state index is 12.8. The highest BCUT2D eigenvalue weighted by Crippen LogP contribution is 2.42. The van der Waals surface area contributed by atoms with Gasteiger partial charge in [0.1, 0.15) is 0 Å². The minimum Gasteiger partial charge on any atom is -0.393 e. The molecule has 7 aliphatic rings. The molecule has 5 heterocycles. The second-order valence-corrected chi connectivity index (χ2v) is 49.5.